The molecule has 1 aliphatic carbocycles. The van der Waals surface area contributed by atoms with E-state index in [4.69, 9.17) is 4.74 Å². The molecule has 1 aromatic carbocycles. The van der Waals surface area contributed by atoms with Gasteiger partial charge in [-0.15, -0.1) is 0 Å². The van der Waals surface area contributed by atoms with Crippen molar-refractivity contribution in [2.75, 3.05) is 11.9 Å². The Bertz CT molecular complexity index is 641. The number of nitro groups is 1. The van der Waals surface area contributed by atoms with Gasteiger partial charge in [0.25, 0.3) is 5.69 Å². The third-order valence-electron chi connectivity index (χ3n) is 4.99. The number of aryl methyl sites for hydroxylation is 1. The van der Waals surface area contributed by atoms with Crippen LogP contribution in [0.1, 0.15) is 44.1 Å². The molecule has 1 heterocycles. The molecule has 130 valence electrons. The van der Waals surface area contributed by atoms with Gasteiger partial charge in [0.05, 0.1) is 10.5 Å². The number of urea groups is 1. The van der Waals surface area contributed by atoms with Gasteiger partial charge in [-0.1, -0.05) is 12.8 Å². The number of ether oxygens (including phenoxy) is 1. The second-order valence-corrected chi connectivity index (χ2v) is 6.79. The number of carbonyl (C=O) groups excluding carboxylic acids is 1. The normalized spacial score (nSPS) is 22.3. The number of nitrogens with zero attached hydrogens (tertiary/aromatic N) is 1. The monoisotopic (exact) mass is 333 g/mol. The lowest BCUT2D eigenvalue weighted by molar-refractivity contribution is -0.385. The summed E-state index contributed by atoms with van der Waals surface area (Å²) in [5, 5.41) is 16.6. The maximum absolute atomic E-state index is 12.2. The zero-order chi connectivity index (χ0) is 17.2. The Kier molecular flexibility index (Phi) is 4.71. The summed E-state index contributed by atoms with van der Waals surface area (Å²) < 4.78 is 5.97. The minimum Gasteiger partial charge on any atom is -0.375 e. The number of amides is 2. The molecule has 0 aromatic heterocycles. The number of hydrogen-bond donors (Lipinski definition) is 2. The van der Waals surface area contributed by atoms with Crippen LogP contribution in [0, 0.1) is 17.0 Å². The minimum absolute atomic E-state index is 0.0415. The zero-order valence-electron chi connectivity index (χ0n) is 13.8. The molecule has 3 rings (SSSR count). The quantitative estimate of drug-likeness (QED) is 0.654. The van der Waals surface area contributed by atoms with Crippen molar-refractivity contribution in [3.63, 3.8) is 0 Å². The number of benzene rings is 1. The maximum atomic E-state index is 12.2. The molecular formula is C17H23N3O4. The Morgan fingerprint density at radius 3 is 2.79 bits per heavy atom. The summed E-state index contributed by atoms with van der Waals surface area (Å²) in [6.45, 7) is 2.34. The molecule has 2 fully saturated rings. The summed E-state index contributed by atoms with van der Waals surface area (Å²) in [5.74, 6) is 0. The highest BCUT2D eigenvalue weighted by Crippen LogP contribution is 2.39. The van der Waals surface area contributed by atoms with Crippen molar-refractivity contribution in [1.29, 1.82) is 0 Å². The lowest BCUT2D eigenvalue weighted by atomic mass is 9.89. The van der Waals surface area contributed by atoms with Crippen LogP contribution in [0.5, 0.6) is 0 Å². The largest absolute Gasteiger partial charge is 0.375 e. The molecule has 1 atom stereocenters. The molecule has 2 aliphatic rings. The Morgan fingerprint density at radius 2 is 2.12 bits per heavy atom. The van der Waals surface area contributed by atoms with E-state index < -0.39 is 4.92 Å². The smallest absolute Gasteiger partial charge is 0.319 e. The van der Waals surface area contributed by atoms with E-state index in [-0.39, 0.29) is 23.4 Å². The first-order chi connectivity index (χ1) is 11.5. The molecule has 7 heteroatoms. The van der Waals surface area contributed by atoms with Gasteiger partial charge in [0.1, 0.15) is 0 Å². The van der Waals surface area contributed by atoms with Gasteiger partial charge in [0.2, 0.25) is 0 Å². The van der Waals surface area contributed by atoms with Crippen LogP contribution in [0.3, 0.4) is 0 Å². The molecule has 1 unspecified atom stereocenters. The van der Waals surface area contributed by atoms with Gasteiger partial charge in [-0.3, -0.25) is 10.1 Å². The van der Waals surface area contributed by atoms with Gasteiger partial charge in [-0.05, 0) is 44.7 Å². The van der Waals surface area contributed by atoms with Crippen LogP contribution in [0.2, 0.25) is 0 Å². The fourth-order valence-corrected chi connectivity index (χ4v) is 3.81. The van der Waals surface area contributed by atoms with Crippen LogP contribution in [0.4, 0.5) is 16.2 Å². The summed E-state index contributed by atoms with van der Waals surface area (Å²) in [4.78, 5) is 22.6. The second-order valence-electron chi connectivity index (χ2n) is 6.79. The van der Waals surface area contributed by atoms with Gasteiger partial charge >= 0.3 is 6.03 Å². The third-order valence-corrected chi connectivity index (χ3v) is 4.99. The molecule has 24 heavy (non-hydrogen) atoms. The van der Waals surface area contributed by atoms with Crippen molar-refractivity contribution in [2.24, 2.45) is 0 Å². The Balaban J connectivity index is 1.57. The number of rotatable bonds is 3. The number of carbonyl (C=O) groups is 1. The maximum Gasteiger partial charge on any atom is 0.319 e. The molecular weight excluding hydrogens is 310 g/mol. The van der Waals surface area contributed by atoms with E-state index in [9.17, 15) is 14.9 Å². The highest BCUT2D eigenvalue weighted by molar-refractivity contribution is 5.89. The SMILES string of the molecule is Cc1cc(NC(=O)NC2CCOC3(CCCC3)C2)ccc1[N+](=O)[O-]. The molecule has 1 saturated heterocycles. The highest BCUT2D eigenvalue weighted by Gasteiger charge is 2.40. The van der Waals surface area contributed by atoms with Crippen LogP contribution in [0.15, 0.2) is 18.2 Å². The van der Waals surface area contributed by atoms with E-state index in [1.165, 1.54) is 18.9 Å². The van der Waals surface area contributed by atoms with Crippen LogP contribution in [-0.2, 0) is 4.74 Å². The Morgan fingerprint density at radius 1 is 1.38 bits per heavy atom. The van der Waals surface area contributed by atoms with Crippen molar-refractivity contribution in [3.05, 3.63) is 33.9 Å². The van der Waals surface area contributed by atoms with E-state index in [2.05, 4.69) is 10.6 Å². The third kappa shape index (κ3) is 3.67. The van der Waals surface area contributed by atoms with E-state index in [0.717, 1.165) is 25.7 Å². The van der Waals surface area contributed by atoms with Crippen molar-refractivity contribution in [3.8, 4) is 0 Å². The number of nitrogens with one attached hydrogen (secondary N) is 2. The van der Waals surface area contributed by atoms with Gasteiger partial charge in [-0.2, -0.15) is 0 Å². The molecule has 1 saturated carbocycles. The van der Waals surface area contributed by atoms with Crippen LogP contribution < -0.4 is 10.6 Å². The fraction of sp³-hybridized carbons (Fsp3) is 0.588. The van der Waals surface area contributed by atoms with Crippen LogP contribution in [0.25, 0.3) is 0 Å². The van der Waals surface area contributed by atoms with E-state index in [1.54, 1.807) is 19.1 Å². The van der Waals surface area contributed by atoms with Gasteiger partial charge < -0.3 is 15.4 Å². The van der Waals surface area contributed by atoms with Gasteiger partial charge in [-0.25, -0.2) is 4.79 Å². The molecule has 2 N–H and O–H groups in total. The summed E-state index contributed by atoms with van der Waals surface area (Å²) in [6.07, 6.45) is 6.22. The first-order valence-electron chi connectivity index (χ1n) is 8.44. The second kappa shape index (κ2) is 6.76. The average molecular weight is 333 g/mol. The van der Waals surface area contributed by atoms with Gasteiger partial charge in [0, 0.05) is 30.0 Å². The first-order valence-corrected chi connectivity index (χ1v) is 8.44. The minimum atomic E-state index is -0.428. The topological polar surface area (TPSA) is 93.5 Å². The van der Waals surface area contributed by atoms with Crippen molar-refractivity contribution in [2.45, 2.75) is 57.1 Å². The summed E-state index contributed by atoms with van der Waals surface area (Å²) in [7, 11) is 0. The molecule has 0 radical (unpaired) electrons. The molecule has 1 spiro atoms. The molecule has 1 aliphatic heterocycles. The summed E-state index contributed by atoms with van der Waals surface area (Å²) in [6, 6.07) is 4.40. The van der Waals surface area contributed by atoms with Crippen molar-refractivity contribution >= 4 is 17.4 Å². The first kappa shape index (κ1) is 16.7. The number of hydrogen-bond acceptors (Lipinski definition) is 4. The average Bonchev–Trinajstić information content (AvgIpc) is 2.94. The van der Waals surface area contributed by atoms with E-state index >= 15 is 0 Å². The zero-order valence-corrected chi connectivity index (χ0v) is 13.8. The predicted molar refractivity (Wildman–Crippen MR) is 90.2 cm³/mol. The summed E-state index contributed by atoms with van der Waals surface area (Å²) >= 11 is 0. The standard InChI is InChI=1S/C17H23N3O4/c1-12-10-13(4-5-15(12)20(22)23)18-16(21)19-14-6-9-24-17(11-14)7-2-3-8-17/h4-5,10,14H,2-3,6-9,11H2,1H3,(H2,18,19,21). The number of anilines is 1. The molecule has 2 amide bonds. The lowest BCUT2D eigenvalue weighted by Gasteiger charge is -2.38. The molecule has 7 nitrogen and oxygen atoms in total. The Hall–Kier alpha value is -2.15. The van der Waals surface area contributed by atoms with E-state index in [0.29, 0.717) is 17.9 Å². The van der Waals surface area contributed by atoms with Crippen molar-refractivity contribution < 1.29 is 14.5 Å². The van der Waals surface area contributed by atoms with Gasteiger partial charge in [0.15, 0.2) is 0 Å². The highest BCUT2D eigenvalue weighted by atomic mass is 16.6. The molecule has 1 aromatic rings. The predicted octanol–water partition coefficient (Wildman–Crippen LogP) is 3.52. The Labute approximate surface area is 140 Å². The lowest BCUT2D eigenvalue weighted by Crippen LogP contribution is -2.48. The van der Waals surface area contributed by atoms with Crippen LogP contribution in [-0.4, -0.2) is 29.2 Å². The summed E-state index contributed by atoms with van der Waals surface area (Å²) in [5.41, 5.74) is 1.08. The van der Waals surface area contributed by atoms with Crippen molar-refractivity contribution in [1.82, 2.24) is 5.32 Å². The van der Waals surface area contributed by atoms with Crippen LogP contribution >= 0.6 is 0 Å². The van der Waals surface area contributed by atoms with E-state index in [1.807, 2.05) is 0 Å². The number of nitro benzene ring substituents is 1. The fourth-order valence-electron chi connectivity index (χ4n) is 3.81. The molecule has 0 bridgehead atoms.